The molecule has 0 aliphatic rings. The largest absolute Gasteiger partial charge is 0.439 e. The highest BCUT2D eigenvalue weighted by Gasteiger charge is 2.40. The molecular weight excluding hydrogens is 431 g/mol. The molecular formula is C20H23O10P. The zero-order valence-electron chi connectivity index (χ0n) is 17.3. The summed E-state index contributed by atoms with van der Waals surface area (Å²) in [6.07, 6.45) is 0. The molecule has 0 unspecified atom stereocenters. The summed E-state index contributed by atoms with van der Waals surface area (Å²) in [5.41, 5.74) is 0.375. The SMILES string of the molecule is CC(=O)OCO[C@H](c1ccc2ccccc2c1)P(=O)(OCOC(C)=O)OCOC(C)=O. The van der Waals surface area contributed by atoms with Gasteiger partial charge in [0.05, 0.1) is 0 Å². The molecule has 0 bridgehead atoms. The van der Waals surface area contributed by atoms with Crippen LogP contribution in [0.1, 0.15) is 32.2 Å². The van der Waals surface area contributed by atoms with Gasteiger partial charge in [-0.25, -0.2) is 0 Å². The minimum absolute atomic E-state index is 0.375. The summed E-state index contributed by atoms with van der Waals surface area (Å²) in [5.74, 6) is -3.35. The molecule has 11 heteroatoms. The van der Waals surface area contributed by atoms with E-state index < -0.39 is 51.7 Å². The number of hydrogen-bond acceptors (Lipinski definition) is 10. The van der Waals surface area contributed by atoms with E-state index in [4.69, 9.17) is 28.0 Å². The van der Waals surface area contributed by atoms with Crippen LogP contribution >= 0.6 is 7.60 Å². The van der Waals surface area contributed by atoms with Crippen LogP contribution in [-0.4, -0.2) is 38.3 Å². The normalized spacial score (nSPS) is 12.2. The van der Waals surface area contributed by atoms with Crippen LogP contribution in [0.2, 0.25) is 0 Å². The van der Waals surface area contributed by atoms with Gasteiger partial charge in [-0.05, 0) is 22.4 Å². The van der Waals surface area contributed by atoms with Crippen LogP contribution in [0, 0.1) is 0 Å². The summed E-state index contributed by atoms with van der Waals surface area (Å²) in [5, 5.41) is 1.73. The van der Waals surface area contributed by atoms with Gasteiger partial charge in [0.2, 0.25) is 13.6 Å². The van der Waals surface area contributed by atoms with Gasteiger partial charge in [-0.15, -0.1) is 0 Å². The van der Waals surface area contributed by atoms with Crippen LogP contribution in [0.4, 0.5) is 0 Å². The molecule has 0 aliphatic heterocycles. The zero-order chi connectivity index (χ0) is 22.9. The Labute approximate surface area is 178 Å². The molecule has 31 heavy (non-hydrogen) atoms. The van der Waals surface area contributed by atoms with Gasteiger partial charge >= 0.3 is 25.5 Å². The van der Waals surface area contributed by atoms with Crippen LogP contribution < -0.4 is 0 Å². The number of benzene rings is 2. The maximum Gasteiger partial charge on any atom is 0.369 e. The highest BCUT2D eigenvalue weighted by Crippen LogP contribution is 2.61. The predicted octanol–water partition coefficient (Wildman–Crippen LogP) is 3.64. The Bertz CT molecular complexity index is 949. The monoisotopic (exact) mass is 454 g/mol. The quantitative estimate of drug-likeness (QED) is 0.215. The minimum Gasteiger partial charge on any atom is -0.439 e. The van der Waals surface area contributed by atoms with Crippen molar-refractivity contribution in [2.45, 2.75) is 26.6 Å². The van der Waals surface area contributed by atoms with Crippen LogP contribution in [0.25, 0.3) is 10.8 Å². The van der Waals surface area contributed by atoms with E-state index in [1.165, 1.54) is 6.92 Å². The first-order chi connectivity index (χ1) is 14.7. The predicted molar refractivity (Wildman–Crippen MR) is 107 cm³/mol. The second kappa shape index (κ2) is 11.6. The number of carbonyl (C=O) groups excluding carboxylic acids is 3. The molecule has 2 rings (SSSR count). The number of hydrogen-bond donors (Lipinski definition) is 0. The van der Waals surface area contributed by atoms with E-state index in [0.717, 1.165) is 24.6 Å². The molecule has 0 N–H and O–H groups in total. The molecule has 0 radical (unpaired) electrons. The third-order valence-electron chi connectivity index (χ3n) is 3.82. The third-order valence-corrected chi connectivity index (χ3v) is 5.78. The van der Waals surface area contributed by atoms with Crippen molar-refractivity contribution in [3.05, 3.63) is 48.0 Å². The van der Waals surface area contributed by atoms with E-state index in [0.29, 0.717) is 5.56 Å². The molecule has 168 valence electrons. The average Bonchev–Trinajstić information content (AvgIpc) is 2.70. The highest BCUT2D eigenvalue weighted by molar-refractivity contribution is 7.54. The van der Waals surface area contributed by atoms with Crippen molar-refractivity contribution in [3.8, 4) is 0 Å². The van der Waals surface area contributed by atoms with E-state index in [1.54, 1.807) is 18.2 Å². The fourth-order valence-electron chi connectivity index (χ4n) is 2.45. The van der Waals surface area contributed by atoms with Gasteiger partial charge in [0.25, 0.3) is 0 Å². The van der Waals surface area contributed by atoms with Gasteiger partial charge in [-0.1, -0.05) is 36.4 Å². The van der Waals surface area contributed by atoms with Crippen molar-refractivity contribution >= 4 is 36.3 Å². The molecule has 0 saturated carbocycles. The van der Waals surface area contributed by atoms with Crippen molar-refractivity contribution in [2.24, 2.45) is 0 Å². The van der Waals surface area contributed by atoms with Gasteiger partial charge in [0.15, 0.2) is 12.6 Å². The smallest absolute Gasteiger partial charge is 0.369 e. The highest BCUT2D eigenvalue weighted by atomic mass is 31.2. The molecule has 0 heterocycles. The van der Waals surface area contributed by atoms with Crippen molar-refractivity contribution in [3.63, 3.8) is 0 Å². The summed E-state index contributed by atoms with van der Waals surface area (Å²) < 4.78 is 43.8. The molecule has 0 aliphatic carbocycles. The maximum absolute atomic E-state index is 13.6. The van der Waals surface area contributed by atoms with E-state index >= 15 is 0 Å². The number of esters is 3. The molecule has 0 spiro atoms. The Morgan fingerprint density at radius 1 is 0.774 bits per heavy atom. The Hall–Kier alpha value is -2.78. The molecule has 1 atom stereocenters. The molecule has 2 aromatic carbocycles. The zero-order valence-corrected chi connectivity index (χ0v) is 18.2. The first-order valence-corrected chi connectivity index (χ1v) is 10.7. The molecule has 10 nitrogen and oxygen atoms in total. The first-order valence-electron chi connectivity index (χ1n) is 9.10. The summed E-state index contributed by atoms with van der Waals surface area (Å²) >= 11 is 0. The van der Waals surface area contributed by atoms with Crippen LogP contribution in [0.15, 0.2) is 42.5 Å². The Morgan fingerprint density at radius 3 is 1.84 bits per heavy atom. The lowest BCUT2D eigenvalue weighted by Gasteiger charge is -2.26. The molecule has 0 fully saturated rings. The molecule has 0 amide bonds. The van der Waals surface area contributed by atoms with E-state index in [2.05, 4.69) is 0 Å². The lowest BCUT2D eigenvalue weighted by Crippen LogP contribution is -2.16. The minimum atomic E-state index is -4.27. The second-order valence-corrected chi connectivity index (χ2v) is 8.25. The molecule has 2 aromatic rings. The van der Waals surface area contributed by atoms with Crippen molar-refractivity contribution in [2.75, 3.05) is 20.4 Å². The van der Waals surface area contributed by atoms with Gasteiger partial charge in [-0.3, -0.25) is 28.0 Å². The number of fused-ring (bicyclic) bond motifs is 1. The number of carbonyl (C=O) groups is 3. The van der Waals surface area contributed by atoms with Gasteiger partial charge in [0.1, 0.15) is 0 Å². The lowest BCUT2D eigenvalue weighted by atomic mass is 10.1. The van der Waals surface area contributed by atoms with Crippen molar-refractivity contribution in [1.82, 2.24) is 0 Å². The van der Waals surface area contributed by atoms with Crippen molar-refractivity contribution < 1.29 is 46.9 Å². The van der Waals surface area contributed by atoms with E-state index in [-0.39, 0.29) is 0 Å². The first kappa shape index (κ1) is 24.5. The fraction of sp³-hybridized carbons (Fsp3) is 0.350. The molecule has 0 saturated heterocycles. The Morgan fingerprint density at radius 2 is 1.29 bits per heavy atom. The Balaban J connectivity index is 2.38. The van der Waals surface area contributed by atoms with Gasteiger partial charge in [0, 0.05) is 20.8 Å². The number of ether oxygens (including phenoxy) is 4. The van der Waals surface area contributed by atoms with Crippen LogP contribution in [0.5, 0.6) is 0 Å². The standard InChI is InChI=1S/C20H23O10P/c1-14(21)25-11-28-20(19-9-8-17-6-4-5-7-18(17)10-19)31(24,29-12-26-15(2)22)30-13-27-16(3)23/h4-10,20H,11-13H2,1-3H3/t20-/m0/s1. The molecule has 0 aromatic heterocycles. The van der Waals surface area contributed by atoms with E-state index in [1.807, 2.05) is 24.3 Å². The van der Waals surface area contributed by atoms with Gasteiger partial charge in [-0.2, -0.15) is 0 Å². The van der Waals surface area contributed by atoms with E-state index in [9.17, 15) is 18.9 Å². The second-order valence-electron chi connectivity index (χ2n) is 6.18. The number of rotatable bonds is 11. The van der Waals surface area contributed by atoms with Crippen LogP contribution in [-0.2, 0) is 46.9 Å². The van der Waals surface area contributed by atoms with Crippen LogP contribution in [0.3, 0.4) is 0 Å². The summed E-state index contributed by atoms with van der Waals surface area (Å²) in [6.45, 7) is 1.52. The summed E-state index contributed by atoms with van der Waals surface area (Å²) in [6, 6.07) is 12.5. The topological polar surface area (TPSA) is 124 Å². The Kier molecular flexibility index (Phi) is 9.14. The lowest BCUT2D eigenvalue weighted by molar-refractivity contribution is -0.159. The summed E-state index contributed by atoms with van der Waals surface area (Å²) in [7, 11) is -4.27. The van der Waals surface area contributed by atoms with Crippen molar-refractivity contribution in [1.29, 1.82) is 0 Å². The third kappa shape index (κ3) is 7.76. The summed E-state index contributed by atoms with van der Waals surface area (Å²) in [4.78, 5) is 33.3. The maximum atomic E-state index is 13.6. The van der Waals surface area contributed by atoms with Gasteiger partial charge < -0.3 is 18.9 Å². The fourth-order valence-corrected chi connectivity index (χ4v) is 3.96. The average molecular weight is 454 g/mol.